The lowest BCUT2D eigenvalue weighted by Crippen LogP contribution is -2.15. The second-order valence-corrected chi connectivity index (χ2v) is 6.49. The Bertz CT molecular complexity index is 1140. The van der Waals surface area contributed by atoms with Crippen molar-refractivity contribution in [3.05, 3.63) is 107 Å². The largest absolute Gasteiger partial charge is 0.402 e. The van der Waals surface area contributed by atoms with Gasteiger partial charge in [0.1, 0.15) is 5.69 Å². The van der Waals surface area contributed by atoms with Gasteiger partial charge in [-0.25, -0.2) is 4.79 Å². The number of carbonyl (C=O) groups is 1. The molecule has 0 aliphatic rings. The summed E-state index contributed by atoms with van der Waals surface area (Å²) >= 11 is 5.93. The summed E-state index contributed by atoms with van der Waals surface area (Å²) in [4.78, 5) is 13.8. The third-order valence-corrected chi connectivity index (χ3v) is 4.29. The minimum Gasteiger partial charge on any atom is -0.402 e. The summed E-state index contributed by atoms with van der Waals surface area (Å²) in [6.45, 7) is 0. The number of carbonyl (C=O) groups excluding carboxylic acids is 1. The molecule has 0 unspecified atom stereocenters. The van der Waals surface area contributed by atoms with E-state index in [1.807, 2.05) is 36.4 Å². The minimum atomic E-state index is -0.508. The zero-order valence-corrected chi connectivity index (χ0v) is 15.9. The fraction of sp³-hybridized carbons (Fsp3) is 0. The fourth-order valence-corrected chi connectivity index (χ4v) is 2.71. The van der Waals surface area contributed by atoms with Crippen molar-refractivity contribution in [2.45, 2.75) is 0 Å². The second-order valence-electron chi connectivity index (χ2n) is 6.06. The van der Waals surface area contributed by atoms with Crippen LogP contribution in [0.1, 0.15) is 15.9 Å². The molecule has 0 N–H and O–H groups in total. The summed E-state index contributed by atoms with van der Waals surface area (Å²) in [5.41, 5.74) is 2.53. The summed E-state index contributed by atoms with van der Waals surface area (Å²) in [5, 5.41) is 13.1. The van der Waals surface area contributed by atoms with E-state index in [0.717, 1.165) is 5.56 Å². The minimum absolute atomic E-state index is 0.118. The van der Waals surface area contributed by atoms with E-state index in [9.17, 15) is 4.79 Å². The molecule has 0 saturated heterocycles. The summed E-state index contributed by atoms with van der Waals surface area (Å²) in [5.74, 6) is -0.391. The first-order chi connectivity index (χ1) is 14.2. The molecule has 3 aromatic carbocycles. The van der Waals surface area contributed by atoms with E-state index < -0.39 is 5.97 Å². The van der Waals surface area contributed by atoms with Crippen LogP contribution in [0.2, 0.25) is 5.02 Å². The van der Waals surface area contributed by atoms with Crippen LogP contribution in [0, 0.1) is 0 Å². The van der Waals surface area contributed by atoms with Crippen molar-refractivity contribution in [3.8, 4) is 11.3 Å². The van der Waals surface area contributed by atoms with Gasteiger partial charge in [-0.1, -0.05) is 60.1 Å². The van der Waals surface area contributed by atoms with E-state index in [1.165, 1.54) is 4.79 Å². The molecule has 6 nitrogen and oxygen atoms in total. The number of nitrogens with zero attached hydrogens (tertiary/aromatic N) is 4. The van der Waals surface area contributed by atoms with Crippen LogP contribution in [0.4, 0.5) is 0 Å². The monoisotopic (exact) mass is 402 g/mol. The Morgan fingerprint density at radius 1 is 0.862 bits per heavy atom. The van der Waals surface area contributed by atoms with Crippen LogP contribution in [0.25, 0.3) is 11.3 Å². The van der Waals surface area contributed by atoms with Gasteiger partial charge in [-0.15, -0.1) is 15.0 Å². The zero-order chi connectivity index (χ0) is 20.1. The molecule has 7 heteroatoms. The van der Waals surface area contributed by atoms with Crippen molar-refractivity contribution in [2.75, 3.05) is 0 Å². The van der Waals surface area contributed by atoms with Crippen molar-refractivity contribution in [1.82, 2.24) is 15.1 Å². The molecule has 0 radical (unpaired) electrons. The topological polar surface area (TPSA) is 69.4 Å². The number of esters is 1. The quantitative estimate of drug-likeness (QED) is 0.282. The standard InChI is InChI=1S/C22H15ClN4O2/c23-19-13-11-16(12-14-19)20-15-27(26-24-20)25-21(17-7-3-1-4-8-17)29-22(28)18-9-5-2-6-10-18/h1-15H/b25-21+. The van der Waals surface area contributed by atoms with Crippen LogP contribution in [-0.2, 0) is 4.74 Å². The van der Waals surface area contributed by atoms with E-state index in [0.29, 0.717) is 21.8 Å². The van der Waals surface area contributed by atoms with Crippen LogP contribution in [-0.4, -0.2) is 27.0 Å². The highest BCUT2D eigenvalue weighted by molar-refractivity contribution is 6.30. The SMILES string of the molecule is O=C(O/C(=N/n1cc(-c2ccc(Cl)cc2)nn1)c1ccccc1)c1ccccc1. The van der Waals surface area contributed by atoms with E-state index in [4.69, 9.17) is 16.3 Å². The van der Waals surface area contributed by atoms with Gasteiger partial charge in [-0.2, -0.15) is 0 Å². The van der Waals surface area contributed by atoms with Gasteiger partial charge in [-0.3, -0.25) is 0 Å². The molecule has 0 spiro atoms. The Kier molecular flexibility index (Phi) is 5.45. The summed E-state index contributed by atoms with van der Waals surface area (Å²) in [6, 6.07) is 25.1. The third-order valence-electron chi connectivity index (χ3n) is 4.03. The van der Waals surface area contributed by atoms with E-state index in [2.05, 4.69) is 15.4 Å². The van der Waals surface area contributed by atoms with Crippen LogP contribution in [0.15, 0.2) is 96.2 Å². The second kappa shape index (κ2) is 8.50. The molecule has 0 amide bonds. The number of halogens is 1. The van der Waals surface area contributed by atoms with Crippen molar-refractivity contribution in [2.24, 2.45) is 5.10 Å². The van der Waals surface area contributed by atoms with Crippen molar-refractivity contribution < 1.29 is 9.53 Å². The molecule has 0 aliphatic carbocycles. The molecule has 4 rings (SSSR count). The van der Waals surface area contributed by atoms with Crippen molar-refractivity contribution in [3.63, 3.8) is 0 Å². The number of hydrogen-bond donors (Lipinski definition) is 0. The number of ether oxygens (including phenoxy) is 1. The van der Waals surface area contributed by atoms with E-state index in [-0.39, 0.29) is 5.90 Å². The van der Waals surface area contributed by atoms with Gasteiger partial charge in [0.15, 0.2) is 0 Å². The van der Waals surface area contributed by atoms with Crippen LogP contribution >= 0.6 is 11.6 Å². The zero-order valence-electron chi connectivity index (χ0n) is 15.1. The predicted molar refractivity (Wildman–Crippen MR) is 111 cm³/mol. The highest BCUT2D eigenvalue weighted by Gasteiger charge is 2.14. The van der Waals surface area contributed by atoms with E-state index >= 15 is 0 Å². The first-order valence-electron chi connectivity index (χ1n) is 8.79. The number of benzene rings is 3. The molecule has 0 fully saturated rings. The fourth-order valence-electron chi connectivity index (χ4n) is 2.59. The predicted octanol–water partition coefficient (Wildman–Crippen LogP) is 4.67. The Morgan fingerprint density at radius 3 is 2.14 bits per heavy atom. The van der Waals surface area contributed by atoms with Gasteiger partial charge in [0.25, 0.3) is 0 Å². The number of hydrogen-bond acceptors (Lipinski definition) is 5. The molecule has 1 aromatic heterocycles. The maximum Gasteiger partial charge on any atom is 0.344 e. The molecule has 0 bridgehead atoms. The van der Waals surface area contributed by atoms with Gasteiger partial charge in [0.05, 0.1) is 11.8 Å². The first-order valence-corrected chi connectivity index (χ1v) is 9.17. The lowest BCUT2D eigenvalue weighted by atomic mass is 10.2. The van der Waals surface area contributed by atoms with E-state index in [1.54, 1.807) is 54.7 Å². The van der Waals surface area contributed by atoms with Crippen LogP contribution in [0.5, 0.6) is 0 Å². The smallest absolute Gasteiger partial charge is 0.344 e. The molecule has 1 heterocycles. The maximum absolute atomic E-state index is 12.5. The molecule has 142 valence electrons. The van der Waals surface area contributed by atoms with Crippen molar-refractivity contribution >= 4 is 23.5 Å². The van der Waals surface area contributed by atoms with Crippen LogP contribution < -0.4 is 0 Å². The highest BCUT2D eigenvalue weighted by Crippen LogP contribution is 2.19. The summed E-state index contributed by atoms with van der Waals surface area (Å²) < 4.78 is 5.56. The highest BCUT2D eigenvalue weighted by atomic mass is 35.5. The lowest BCUT2D eigenvalue weighted by molar-refractivity contribution is 0.0716. The third kappa shape index (κ3) is 4.56. The maximum atomic E-state index is 12.5. The Morgan fingerprint density at radius 2 is 1.48 bits per heavy atom. The lowest BCUT2D eigenvalue weighted by Gasteiger charge is -2.07. The summed E-state index contributed by atoms with van der Waals surface area (Å²) in [6.07, 6.45) is 1.64. The Balaban J connectivity index is 1.65. The molecular formula is C22H15ClN4O2. The molecular weight excluding hydrogens is 388 g/mol. The average Bonchev–Trinajstić information content (AvgIpc) is 3.23. The number of aromatic nitrogens is 3. The Labute approximate surface area is 172 Å². The normalized spacial score (nSPS) is 11.3. The van der Waals surface area contributed by atoms with Gasteiger partial charge < -0.3 is 4.74 Å². The first kappa shape index (κ1) is 18.6. The molecule has 0 atom stereocenters. The molecule has 4 aromatic rings. The average molecular weight is 403 g/mol. The van der Waals surface area contributed by atoms with Gasteiger partial charge in [-0.05, 0) is 41.6 Å². The molecule has 0 aliphatic heterocycles. The summed E-state index contributed by atoms with van der Waals surface area (Å²) in [7, 11) is 0. The Hall–Kier alpha value is -3.77. The molecule has 0 saturated carbocycles. The number of rotatable bonds is 4. The van der Waals surface area contributed by atoms with Gasteiger partial charge in [0.2, 0.25) is 5.90 Å². The molecule has 29 heavy (non-hydrogen) atoms. The van der Waals surface area contributed by atoms with Crippen molar-refractivity contribution in [1.29, 1.82) is 0 Å². The van der Waals surface area contributed by atoms with Crippen LogP contribution in [0.3, 0.4) is 0 Å². The van der Waals surface area contributed by atoms with Gasteiger partial charge >= 0.3 is 5.97 Å². The van der Waals surface area contributed by atoms with Gasteiger partial charge in [0, 0.05) is 16.1 Å².